The van der Waals surface area contributed by atoms with Crippen LogP contribution >= 0.6 is 0 Å². The Morgan fingerprint density at radius 1 is 1.20 bits per heavy atom. The molecule has 0 unspecified atom stereocenters. The first-order chi connectivity index (χ1) is 9.67. The molecule has 0 saturated carbocycles. The third-order valence-corrected chi connectivity index (χ3v) is 2.97. The molecule has 1 aromatic carbocycles. The average Bonchev–Trinajstić information content (AvgIpc) is 3.05. The van der Waals surface area contributed by atoms with Crippen molar-refractivity contribution in [1.29, 1.82) is 0 Å². The zero-order chi connectivity index (χ0) is 14.1. The molecule has 3 rings (SSSR count). The van der Waals surface area contributed by atoms with Crippen LogP contribution in [0.1, 0.15) is 6.42 Å². The van der Waals surface area contributed by atoms with Gasteiger partial charge in [-0.05, 0) is 24.3 Å². The number of aromatic nitrogens is 2. The predicted octanol–water partition coefficient (Wildman–Crippen LogP) is 1.05. The minimum absolute atomic E-state index is 0.0108. The summed E-state index contributed by atoms with van der Waals surface area (Å²) < 4.78 is 10.5. The van der Waals surface area contributed by atoms with Gasteiger partial charge >= 0.3 is 6.01 Å². The van der Waals surface area contributed by atoms with Gasteiger partial charge in [-0.25, -0.2) is 0 Å². The normalized spacial score (nSPS) is 14.9. The fourth-order valence-electron chi connectivity index (χ4n) is 1.93. The molecule has 2 aromatic rings. The highest BCUT2D eigenvalue weighted by Gasteiger charge is 2.32. The number of hydrogen-bond donors (Lipinski definition) is 0. The maximum Gasteiger partial charge on any atom is 0.325 e. The molecule has 1 aromatic heterocycles. The van der Waals surface area contributed by atoms with Crippen LogP contribution in [0.15, 0.2) is 28.7 Å². The molecule has 0 radical (unpaired) electrons. The Labute approximate surface area is 114 Å². The van der Waals surface area contributed by atoms with Crippen LogP contribution in [0.25, 0.3) is 11.5 Å². The first kappa shape index (κ1) is 12.3. The largest absolute Gasteiger partial charge is 0.497 e. The number of ketones is 1. The summed E-state index contributed by atoms with van der Waals surface area (Å²) in [5.74, 6) is 0.530. The maximum absolute atomic E-state index is 11.6. The van der Waals surface area contributed by atoms with Gasteiger partial charge in [0.05, 0.1) is 20.1 Å². The number of methoxy groups -OCH3 is 1. The second-order valence-electron chi connectivity index (χ2n) is 4.31. The molecule has 7 nitrogen and oxygen atoms in total. The smallest absolute Gasteiger partial charge is 0.325 e. The van der Waals surface area contributed by atoms with Crippen molar-refractivity contribution in [1.82, 2.24) is 10.2 Å². The van der Waals surface area contributed by atoms with Crippen LogP contribution in [0.2, 0.25) is 0 Å². The molecule has 1 amide bonds. The SMILES string of the molecule is COc1ccc(-c2nnc(N3CC(=O)CC3=O)o2)cc1. The molecule has 2 heterocycles. The van der Waals surface area contributed by atoms with Crippen LogP contribution in [-0.4, -0.2) is 35.5 Å². The third kappa shape index (κ3) is 2.13. The third-order valence-electron chi connectivity index (χ3n) is 2.97. The van der Waals surface area contributed by atoms with E-state index in [9.17, 15) is 9.59 Å². The van der Waals surface area contributed by atoms with Crippen molar-refractivity contribution < 1.29 is 18.7 Å². The van der Waals surface area contributed by atoms with Gasteiger partial charge < -0.3 is 9.15 Å². The van der Waals surface area contributed by atoms with E-state index in [0.717, 1.165) is 0 Å². The van der Waals surface area contributed by atoms with Crippen molar-refractivity contribution in [2.75, 3.05) is 18.6 Å². The lowest BCUT2D eigenvalue weighted by Gasteiger charge is -2.06. The van der Waals surface area contributed by atoms with Crippen molar-refractivity contribution >= 4 is 17.7 Å². The summed E-state index contributed by atoms with van der Waals surface area (Å²) in [6.45, 7) is -0.0108. The van der Waals surface area contributed by atoms with Crippen LogP contribution in [0, 0.1) is 0 Å². The van der Waals surface area contributed by atoms with Crippen molar-refractivity contribution in [3.05, 3.63) is 24.3 Å². The Hall–Kier alpha value is -2.70. The van der Waals surface area contributed by atoms with Crippen LogP contribution in [0.5, 0.6) is 5.75 Å². The van der Waals surface area contributed by atoms with E-state index < -0.39 is 0 Å². The van der Waals surface area contributed by atoms with Gasteiger partial charge in [-0.2, -0.15) is 0 Å². The molecular formula is C13H11N3O4. The lowest BCUT2D eigenvalue weighted by Crippen LogP contribution is -2.24. The molecule has 1 aliphatic rings. The number of hydrogen-bond acceptors (Lipinski definition) is 6. The fourth-order valence-corrected chi connectivity index (χ4v) is 1.93. The molecule has 0 spiro atoms. The number of amides is 1. The Kier molecular flexibility index (Phi) is 2.94. The highest BCUT2D eigenvalue weighted by Crippen LogP contribution is 2.25. The van der Waals surface area contributed by atoms with E-state index in [-0.39, 0.29) is 36.6 Å². The van der Waals surface area contributed by atoms with E-state index in [1.807, 2.05) is 0 Å². The quantitative estimate of drug-likeness (QED) is 0.777. The second kappa shape index (κ2) is 4.76. The number of nitrogens with zero attached hydrogens (tertiary/aromatic N) is 3. The zero-order valence-corrected chi connectivity index (χ0v) is 10.7. The molecule has 0 atom stereocenters. The zero-order valence-electron chi connectivity index (χ0n) is 10.7. The number of anilines is 1. The molecular weight excluding hydrogens is 262 g/mol. The van der Waals surface area contributed by atoms with Gasteiger partial charge in [-0.3, -0.25) is 14.5 Å². The van der Waals surface area contributed by atoms with E-state index in [0.29, 0.717) is 11.3 Å². The summed E-state index contributed by atoms with van der Waals surface area (Å²) >= 11 is 0. The lowest BCUT2D eigenvalue weighted by molar-refractivity contribution is -0.121. The molecule has 1 aliphatic heterocycles. The van der Waals surface area contributed by atoms with Crippen LogP contribution in [-0.2, 0) is 9.59 Å². The predicted molar refractivity (Wildman–Crippen MR) is 68.3 cm³/mol. The first-order valence-electron chi connectivity index (χ1n) is 5.97. The summed E-state index contributed by atoms with van der Waals surface area (Å²) in [4.78, 5) is 24.0. The number of Topliss-reactive ketones (excluding diaryl/α,β-unsaturated/α-hetero) is 1. The van der Waals surface area contributed by atoms with Crippen molar-refractivity contribution in [3.8, 4) is 17.2 Å². The first-order valence-corrected chi connectivity index (χ1v) is 5.97. The van der Waals surface area contributed by atoms with Gasteiger partial charge in [0.15, 0.2) is 5.78 Å². The van der Waals surface area contributed by atoms with E-state index in [1.165, 1.54) is 4.90 Å². The van der Waals surface area contributed by atoms with Crippen LogP contribution in [0.3, 0.4) is 0 Å². The van der Waals surface area contributed by atoms with Gasteiger partial charge in [0.2, 0.25) is 11.8 Å². The minimum Gasteiger partial charge on any atom is -0.497 e. The Balaban J connectivity index is 1.86. The van der Waals surface area contributed by atoms with Gasteiger partial charge in [0.25, 0.3) is 0 Å². The standard InChI is InChI=1S/C13H11N3O4/c1-19-10-4-2-8(3-5-10)12-14-15-13(20-12)16-7-9(17)6-11(16)18/h2-5H,6-7H2,1H3. The molecule has 1 saturated heterocycles. The van der Waals surface area contributed by atoms with E-state index in [2.05, 4.69) is 10.2 Å². The highest BCUT2D eigenvalue weighted by molar-refractivity contribution is 6.14. The number of carbonyl (C=O) groups excluding carboxylic acids is 2. The summed E-state index contributed by atoms with van der Waals surface area (Å²) in [6.07, 6.45) is -0.111. The summed E-state index contributed by atoms with van der Waals surface area (Å²) in [5, 5.41) is 7.69. The monoisotopic (exact) mass is 273 g/mol. The summed E-state index contributed by atoms with van der Waals surface area (Å²) in [7, 11) is 1.58. The van der Waals surface area contributed by atoms with Gasteiger partial charge in [-0.15, -0.1) is 5.10 Å². The highest BCUT2D eigenvalue weighted by atomic mass is 16.5. The van der Waals surface area contributed by atoms with Crippen molar-refractivity contribution in [2.24, 2.45) is 0 Å². The molecule has 7 heteroatoms. The molecule has 102 valence electrons. The van der Waals surface area contributed by atoms with Crippen LogP contribution < -0.4 is 9.64 Å². The molecule has 0 aliphatic carbocycles. The lowest BCUT2D eigenvalue weighted by atomic mass is 10.2. The molecule has 1 fully saturated rings. The van der Waals surface area contributed by atoms with Gasteiger partial charge in [0, 0.05) is 5.56 Å². The van der Waals surface area contributed by atoms with E-state index in [1.54, 1.807) is 31.4 Å². The number of rotatable bonds is 3. The van der Waals surface area contributed by atoms with Crippen LogP contribution in [0.4, 0.5) is 6.01 Å². The van der Waals surface area contributed by atoms with Crippen molar-refractivity contribution in [2.45, 2.75) is 6.42 Å². The topological polar surface area (TPSA) is 85.5 Å². The van der Waals surface area contributed by atoms with Gasteiger partial charge in [-0.1, -0.05) is 5.10 Å². The Morgan fingerprint density at radius 2 is 1.95 bits per heavy atom. The minimum atomic E-state index is -0.320. The van der Waals surface area contributed by atoms with Crippen molar-refractivity contribution in [3.63, 3.8) is 0 Å². The number of benzene rings is 1. The second-order valence-corrected chi connectivity index (χ2v) is 4.31. The van der Waals surface area contributed by atoms with E-state index in [4.69, 9.17) is 9.15 Å². The molecule has 0 bridgehead atoms. The molecule has 0 N–H and O–H groups in total. The maximum atomic E-state index is 11.6. The van der Waals surface area contributed by atoms with E-state index >= 15 is 0 Å². The average molecular weight is 273 g/mol. The number of ether oxygens (including phenoxy) is 1. The molecule has 20 heavy (non-hydrogen) atoms. The fraction of sp³-hybridized carbons (Fsp3) is 0.231. The van der Waals surface area contributed by atoms with Gasteiger partial charge in [0.1, 0.15) is 5.75 Å². The Bertz CT molecular complexity index is 663. The number of carbonyl (C=O) groups is 2. The summed E-state index contributed by atoms with van der Waals surface area (Å²) in [6, 6.07) is 7.12. The Morgan fingerprint density at radius 3 is 2.55 bits per heavy atom. The summed E-state index contributed by atoms with van der Waals surface area (Å²) in [5.41, 5.74) is 0.711.